The fourth-order valence-corrected chi connectivity index (χ4v) is 1.96. The molecule has 0 aromatic heterocycles. The van der Waals surface area contributed by atoms with Crippen LogP contribution in [0.5, 0.6) is 0 Å². The quantitative estimate of drug-likeness (QED) is 0.489. The third-order valence-electron chi connectivity index (χ3n) is 2.28. The minimum absolute atomic E-state index is 0.228. The molecule has 2 N–H and O–H groups in total. The Morgan fingerprint density at radius 2 is 1.67 bits per heavy atom. The van der Waals surface area contributed by atoms with E-state index in [0.29, 0.717) is 10.7 Å². The smallest absolute Gasteiger partial charge is 0.413 e. The number of carbonyl (C=O) groups excluding carboxylic acids is 2. The molecule has 0 unspecified atom stereocenters. The summed E-state index contributed by atoms with van der Waals surface area (Å²) in [6, 6.07) is 4.36. The van der Waals surface area contributed by atoms with Gasteiger partial charge in [-0.15, -0.1) is 0 Å². The van der Waals surface area contributed by atoms with Gasteiger partial charge < -0.3 is 9.47 Å². The SMILES string of the molecule is CC(C)OC(=O)N[C@@H](OC(=O)Nc1ccc(Cl)c(Cl)c1)C(Cl)(Cl)Cl. The van der Waals surface area contributed by atoms with Crippen molar-refractivity contribution in [3.05, 3.63) is 28.2 Å². The van der Waals surface area contributed by atoms with Crippen LogP contribution in [0.1, 0.15) is 13.8 Å². The number of alkyl carbamates (subject to hydrolysis) is 1. The molecule has 0 aliphatic rings. The van der Waals surface area contributed by atoms with E-state index in [2.05, 4.69) is 10.6 Å². The van der Waals surface area contributed by atoms with Crippen molar-refractivity contribution in [3.8, 4) is 0 Å². The number of benzene rings is 1. The van der Waals surface area contributed by atoms with E-state index < -0.39 is 28.3 Å². The van der Waals surface area contributed by atoms with Crippen molar-refractivity contribution >= 4 is 75.9 Å². The molecular formula is C13H13Cl5N2O4. The van der Waals surface area contributed by atoms with Crippen LogP contribution in [0.15, 0.2) is 18.2 Å². The van der Waals surface area contributed by atoms with Crippen LogP contribution in [-0.2, 0) is 9.47 Å². The minimum atomic E-state index is -2.12. The zero-order chi connectivity index (χ0) is 18.5. The van der Waals surface area contributed by atoms with Crippen LogP contribution in [0.4, 0.5) is 15.3 Å². The van der Waals surface area contributed by atoms with Gasteiger partial charge in [0.05, 0.1) is 16.1 Å². The van der Waals surface area contributed by atoms with Crippen LogP contribution in [0, 0.1) is 0 Å². The van der Waals surface area contributed by atoms with E-state index in [4.69, 9.17) is 67.5 Å². The number of halogens is 5. The molecule has 1 atom stereocenters. The Labute approximate surface area is 163 Å². The summed E-state index contributed by atoms with van der Waals surface area (Å²) in [7, 11) is 0. The van der Waals surface area contributed by atoms with Crippen LogP contribution in [0.2, 0.25) is 10.0 Å². The molecule has 0 heterocycles. The Bertz CT molecular complexity index is 607. The number of carbonyl (C=O) groups is 2. The summed E-state index contributed by atoms with van der Waals surface area (Å²) in [5.74, 6) is 0. The molecule has 1 aromatic carbocycles. The maximum atomic E-state index is 11.9. The minimum Gasteiger partial charge on any atom is -0.447 e. The fraction of sp³-hybridized carbons (Fsp3) is 0.385. The van der Waals surface area contributed by atoms with E-state index in [1.807, 2.05) is 0 Å². The highest BCUT2D eigenvalue weighted by atomic mass is 35.6. The highest BCUT2D eigenvalue weighted by Crippen LogP contribution is 2.31. The summed E-state index contributed by atoms with van der Waals surface area (Å²) >= 11 is 28.7. The van der Waals surface area contributed by atoms with Gasteiger partial charge in [0.15, 0.2) is 0 Å². The van der Waals surface area contributed by atoms with Gasteiger partial charge in [-0.25, -0.2) is 9.59 Å². The maximum Gasteiger partial charge on any atom is 0.413 e. The van der Waals surface area contributed by atoms with Crippen molar-refractivity contribution in [3.63, 3.8) is 0 Å². The topological polar surface area (TPSA) is 76.7 Å². The summed E-state index contributed by atoms with van der Waals surface area (Å²) in [4.78, 5) is 23.5. The van der Waals surface area contributed by atoms with Gasteiger partial charge in [-0.1, -0.05) is 58.0 Å². The number of nitrogens with one attached hydrogen (secondary N) is 2. The monoisotopic (exact) mass is 436 g/mol. The van der Waals surface area contributed by atoms with Crippen LogP contribution in [0.3, 0.4) is 0 Å². The predicted molar refractivity (Wildman–Crippen MR) is 95.4 cm³/mol. The van der Waals surface area contributed by atoms with E-state index in [1.165, 1.54) is 18.2 Å². The Kier molecular flexibility index (Phi) is 8.02. The average molecular weight is 439 g/mol. The summed E-state index contributed by atoms with van der Waals surface area (Å²) in [6.07, 6.45) is -3.90. The second kappa shape index (κ2) is 9.06. The highest BCUT2D eigenvalue weighted by molar-refractivity contribution is 6.68. The van der Waals surface area contributed by atoms with E-state index >= 15 is 0 Å². The van der Waals surface area contributed by atoms with Gasteiger partial charge in [0.25, 0.3) is 0 Å². The Hall–Kier alpha value is -0.790. The third-order valence-corrected chi connectivity index (χ3v) is 3.61. The fourth-order valence-electron chi connectivity index (χ4n) is 1.36. The van der Waals surface area contributed by atoms with Crippen molar-refractivity contribution in [2.24, 2.45) is 0 Å². The lowest BCUT2D eigenvalue weighted by Crippen LogP contribution is -2.48. The lowest BCUT2D eigenvalue weighted by atomic mass is 10.3. The molecule has 1 aromatic rings. The van der Waals surface area contributed by atoms with Gasteiger partial charge in [-0.2, -0.15) is 0 Å². The average Bonchev–Trinajstić information content (AvgIpc) is 2.40. The summed E-state index contributed by atoms with van der Waals surface area (Å²) in [5, 5.41) is 5.03. The molecule has 11 heteroatoms. The first-order valence-electron chi connectivity index (χ1n) is 6.45. The second-order valence-corrected chi connectivity index (χ2v) is 7.86. The predicted octanol–water partition coefficient (Wildman–Crippen LogP) is 5.37. The van der Waals surface area contributed by atoms with Crippen LogP contribution in [-0.4, -0.2) is 28.3 Å². The number of amides is 2. The molecule has 0 bridgehead atoms. The summed E-state index contributed by atoms with van der Waals surface area (Å²) in [6.45, 7) is 3.25. The van der Waals surface area contributed by atoms with E-state index in [-0.39, 0.29) is 5.02 Å². The van der Waals surface area contributed by atoms with Gasteiger partial charge >= 0.3 is 12.2 Å². The van der Waals surface area contributed by atoms with Crippen LogP contribution >= 0.6 is 58.0 Å². The molecule has 0 fully saturated rings. The lowest BCUT2D eigenvalue weighted by Gasteiger charge is -2.25. The molecular weight excluding hydrogens is 425 g/mol. The van der Waals surface area contributed by atoms with E-state index in [0.717, 1.165) is 0 Å². The molecule has 0 aliphatic heterocycles. The van der Waals surface area contributed by atoms with Gasteiger partial charge in [-0.3, -0.25) is 10.6 Å². The van der Waals surface area contributed by atoms with Gasteiger partial charge in [-0.05, 0) is 32.0 Å². The number of hydrogen-bond donors (Lipinski definition) is 2. The first-order chi connectivity index (χ1) is 11.0. The van der Waals surface area contributed by atoms with Gasteiger partial charge in [0.1, 0.15) is 0 Å². The number of hydrogen-bond acceptors (Lipinski definition) is 4. The number of ether oxygens (including phenoxy) is 2. The van der Waals surface area contributed by atoms with Crippen molar-refractivity contribution in [1.29, 1.82) is 0 Å². The van der Waals surface area contributed by atoms with Crippen LogP contribution < -0.4 is 10.6 Å². The van der Waals surface area contributed by atoms with Gasteiger partial charge in [0.2, 0.25) is 10.0 Å². The first-order valence-corrected chi connectivity index (χ1v) is 8.34. The first kappa shape index (κ1) is 21.3. The molecule has 0 saturated carbocycles. The number of anilines is 1. The zero-order valence-electron chi connectivity index (χ0n) is 12.4. The highest BCUT2D eigenvalue weighted by Gasteiger charge is 2.38. The van der Waals surface area contributed by atoms with E-state index in [9.17, 15) is 9.59 Å². The Balaban J connectivity index is 2.73. The van der Waals surface area contributed by atoms with Crippen molar-refractivity contribution in [1.82, 2.24) is 5.32 Å². The largest absolute Gasteiger partial charge is 0.447 e. The lowest BCUT2D eigenvalue weighted by molar-refractivity contribution is 0.0677. The Morgan fingerprint density at radius 3 is 2.17 bits per heavy atom. The molecule has 24 heavy (non-hydrogen) atoms. The van der Waals surface area contributed by atoms with Crippen LogP contribution in [0.25, 0.3) is 0 Å². The number of alkyl halides is 3. The van der Waals surface area contributed by atoms with Crippen molar-refractivity contribution in [2.75, 3.05) is 5.32 Å². The normalized spacial score (nSPS) is 12.5. The van der Waals surface area contributed by atoms with E-state index in [1.54, 1.807) is 13.8 Å². The summed E-state index contributed by atoms with van der Waals surface area (Å²) < 4.78 is 7.62. The summed E-state index contributed by atoms with van der Waals surface area (Å²) in [5.41, 5.74) is 0.294. The molecule has 1 rings (SSSR count). The molecule has 0 aliphatic carbocycles. The molecule has 6 nitrogen and oxygen atoms in total. The standard InChI is InChI=1S/C13H13Cl5N2O4/c1-6(2)23-12(22)20-10(13(16,17)18)24-11(21)19-7-3-4-8(14)9(15)5-7/h3-6,10H,1-2H3,(H,19,21)(H,20,22)/t10-/m0/s1. The second-order valence-electron chi connectivity index (χ2n) is 4.68. The third kappa shape index (κ3) is 7.40. The molecule has 0 radical (unpaired) electrons. The number of rotatable bonds is 4. The zero-order valence-corrected chi connectivity index (χ0v) is 16.2. The maximum absolute atomic E-state index is 11.9. The molecule has 2 amide bonds. The van der Waals surface area contributed by atoms with Crippen molar-refractivity contribution < 1.29 is 19.1 Å². The van der Waals surface area contributed by atoms with Crippen molar-refractivity contribution in [2.45, 2.75) is 30.0 Å². The van der Waals surface area contributed by atoms with Gasteiger partial charge in [0, 0.05) is 5.69 Å². The Morgan fingerprint density at radius 1 is 1.04 bits per heavy atom. The molecule has 0 saturated heterocycles. The molecule has 134 valence electrons. The molecule has 0 spiro atoms.